The van der Waals surface area contributed by atoms with Gasteiger partial charge in [0.1, 0.15) is 5.82 Å². The molecule has 0 aromatic heterocycles. The van der Waals surface area contributed by atoms with Gasteiger partial charge in [-0.15, -0.1) is 0 Å². The summed E-state index contributed by atoms with van der Waals surface area (Å²) in [5.74, 6) is -1.26. The number of benzene rings is 1. The van der Waals surface area contributed by atoms with Crippen LogP contribution < -0.4 is 10.6 Å². The first-order valence-corrected chi connectivity index (χ1v) is 6.69. The molecule has 1 saturated heterocycles. The van der Waals surface area contributed by atoms with Gasteiger partial charge in [0, 0.05) is 25.8 Å². The van der Waals surface area contributed by atoms with Gasteiger partial charge < -0.3 is 20.3 Å². The molecule has 114 valence electrons. The summed E-state index contributed by atoms with van der Waals surface area (Å²) in [6, 6.07) is 2.44. The van der Waals surface area contributed by atoms with Crippen molar-refractivity contribution >= 4 is 23.3 Å². The number of likely N-dealkylation sites (N-methyl/N-ethyl adjacent to an activating group) is 1. The maximum atomic E-state index is 14.1. The van der Waals surface area contributed by atoms with Gasteiger partial charge in [0.15, 0.2) is 0 Å². The molecule has 1 aromatic carbocycles. The summed E-state index contributed by atoms with van der Waals surface area (Å²) in [5.41, 5.74) is 5.99. The van der Waals surface area contributed by atoms with E-state index in [4.69, 9.17) is 10.5 Å². The van der Waals surface area contributed by atoms with Crippen LogP contribution in [0.25, 0.3) is 0 Å². The average Bonchev–Trinajstić information content (AvgIpc) is 2.42. The number of ether oxygens (including phenoxy) is 1. The van der Waals surface area contributed by atoms with E-state index in [2.05, 4.69) is 0 Å². The number of carbonyl (C=O) groups is 2. The minimum Gasteiger partial charge on any atom is -0.462 e. The van der Waals surface area contributed by atoms with E-state index in [1.807, 2.05) is 0 Å². The van der Waals surface area contributed by atoms with Crippen molar-refractivity contribution in [2.24, 2.45) is 0 Å². The summed E-state index contributed by atoms with van der Waals surface area (Å²) < 4.78 is 19.0. The molecule has 6 nitrogen and oxygen atoms in total. The summed E-state index contributed by atoms with van der Waals surface area (Å²) in [6.07, 6.45) is 0. The molecule has 0 saturated carbocycles. The fraction of sp³-hybridized carbons (Fsp3) is 0.429. The lowest BCUT2D eigenvalue weighted by molar-refractivity contribution is -0.129. The molecule has 0 spiro atoms. The molecule has 1 amide bonds. The number of nitrogen functional groups attached to an aromatic ring is 1. The Bertz CT molecular complexity index is 577. The summed E-state index contributed by atoms with van der Waals surface area (Å²) in [7, 11) is 1.70. The maximum absolute atomic E-state index is 14.1. The van der Waals surface area contributed by atoms with E-state index < -0.39 is 11.8 Å². The van der Waals surface area contributed by atoms with Gasteiger partial charge in [-0.25, -0.2) is 9.18 Å². The standard InChI is InChI=1S/C14H18FN3O3/c1-3-21-14(20)9-6-12(10(15)7-11(9)16)18-5-4-17(2)13(19)8-18/h6-7H,3-5,8,16H2,1-2H3. The molecule has 2 N–H and O–H groups in total. The van der Waals surface area contributed by atoms with Gasteiger partial charge in [-0.3, -0.25) is 4.79 Å². The van der Waals surface area contributed by atoms with Gasteiger partial charge in [-0.2, -0.15) is 0 Å². The highest BCUT2D eigenvalue weighted by Crippen LogP contribution is 2.27. The van der Waals surface area contributed by atoms with Crippen molar-refractivity contribution in [2.75, 3.05) is 43.9 Å². The van der Waals surface area contributed by atoms with E-state index in [1.165, 1.54) is 6.07 Å². The summed E-state index contributed by atoms with van der Waals surface area (Å²) >= 11 is 0. The molecular weight excluding hydrogens is 277 g/mol. The van der Waals surface area contributed by atoms with E-state index in [1.54, 1.807) is 23.8 Å². The molecule has 0 unspecified atom stereocenters. The topological polar surface area (TPSA) is 75.9 Å². The van der Waals surface area contributed by atoms with Crippen LogP contribution >= 0.6 is 0 Å². The smallest absolute Gasteiger partial charge is 0.340 e. The second-order valence-corrected chi connectivity index (χ2v) is 4.85. The average molecular weight is 295 g/mol. The molecule has 0 radical (unpaired) electrons. The molecular formula is C14H18FN3O3. The van der Waals surface area contributed by atoms with Crippen LogP contribution in [0.1, 0.15) is 17.3 Å². The molecule has 1 fully saturated rings. The van der Waals surface area contributed by atoms with Crippen molar-refractivity contribution < 1.29 is 18.7 Å². The maximum Gasteiger partial charge on any atom is 0.340 e. The lowest BCUT2D eigenvalue weighted by atomic mass is 10.1. The van der Waals surface area contributed by atoms with Crippen LogP contribution in [0, 0.1) is 5.82 Å². The summed E-state index contributed by atoms with van der Waals surface area (Å²) in [4.78, 5) is 26.7. The molecule has 1 aliphatic heterocycles. The van der Waals surface area contributed by atoms with Crippen LogP contribution in [0.5, 0.6) is 0 Å². The Labute approximate surface area is 122 Å². The lowest BCUT2D eigenvalue weighted by Crippen LogP contribution is -2.48. The Kier molecular flexibility index (Phi) is 4.30. The third kappa shape index (κ3) is 3.07. The van der Waals surface area contributed by atoms with Crippen LogP contribution in [-0.4, -0.2) is 50.1 Å². The zero-order chi connectivity index (χ0) is 15.6. The SMILES string of the molecule is CCOC(=O)c1cc(N2CCN(C)C(=O)C2)c(F)cc1N. The number of halogens is 1. The first-order valence-electron chi connectivity index (χ1n) is 6.69. The van der Waals surface area contributed by atoms with Crippen LogP contribution in [0.4, 0.5) is 15.8 Å². The predicted molar refractivity (Wildman–Crippen MR) is 76.6 cm³/mol. The van der Waals surface area contributed by atoms with E-state index in [-0.39, 0.29) is 36.0 Å². The van der Waals surface area contributed by atoms with Gasteiger partial charge >= 0.3 is 5.97 Å². The molecule has 1 aromatic rings. The number of carbonyl (C=O) groups excluding carboxylic acids is 2. The first kappa shape index (κ1) is 15.1. The van der Waals surface area contributed by atoms with Crippen LogP contribution in [-0.2, 0) is 9.53 Å². The number of esters is 1. The number of piperazine rings is 1. The number of nitrogens with two attached hydrogens (primary N) is 1. The van der Waals surface area contributed by atoms with Crippen LogP contribution in [0.2, 0.25) is 0 Å². The van der Waals surface area contributed by atoms with Crippen molar-refractivity contribution in [2.45, 2.75) is 6.92 Å². The van der Waals surface area contributed by atoms with Gasteiger partial charge in [-0.1, -0.05) is 0 Å². The van der Waals surface area contributed by atoms with Gasteiger partial charge in [0.05, 0.1) is 24.4 Å². The molecule has 7 heteroatoms. The van der Waals surface area contributed by atoms with Crippen molar-refractivity contribution in [3.05, 3.63) is 23.5 Å². The van der Waals surface area contributed by atoms with Crippen molar-refractivity contribution in [1.29, 1.82) is 0 Å². The van der Waals surface area contributed by atoms with Crippen molar-refractivity contribution in [1.82, 2.24) is 4.90 Å². The second kappa shape index (κ2) is 5.99. The number of nitrogens with zero attached hydrogens (tertiary/aromatic N) is 2. The highest BCUT2D eigenvalue weighted by atomic mass is 19.1. The largest absolute Gasteiger partial charge is 0.462 e. The Morgan fingerprint density at radius 2 is 2.14 bits per heavy atom. The first-order chi connectivity index (χ1) is 9.93. The Morgan fingerprint density at radius 3 is 2.76 bits per heavy atom. The molecule has 1 aliphatic rings. The zero-order valence-corrected chi connectivity index (χ0v) is 12.1. The van der Waals surface area contributed by atoms with Crippen molar-refractivity contribution in [3.8, 4) is 0 Å². The monoisotopic (exact) mass is 295 g/mol. The third-order valence-electron chi connectivity index (χ3n) is 3.41. The molecule has 2 rings (SSSR count). The number of amides is 1. The van der Waals surface area contributed by atoms with Crippen LogP contribution in [0.3, 0.4) is 0 Å². The predicted octanol–water partition coefficient (Wildman–Crippen LogP) is 0.863. The quantitative estimate of drug-likeness (QED) is 0.661. The Hall–Kier alpha value is -2.31. The van der Waals surface area contributed by atoms with Gasteiger partial charge in [0.25, 0.3) is 0 Å². The third-order valence-corrected chi connectivity index (χ3v) is 3.41. The molecule has 0 bridgehead atoms. The molecule has 0 atom stereocenters. The number of hydrogen-bond acceptors (Lipinski definition) is 5. The van der Waals surface area contributed by atoms with E-state index in [0.717, 1.165) is 6.07 Å². The Balaban J connectivity index is 2.33. The fourth-order valence-electron chi connectivity index (χ4n) is 2.17. The van der Waals surface area contributed by atoms with E-state index in [9.17, 15) is 14.0 Å². The van der Waals surface area contributed by atoms with Crippen molar-refractivity contribution in [3.63, 3.8) is 0 Å². The minimum atomic E-state index is -0.600. The molecule has 0 aliphatic carbocycles. The summed E-state index contributed by atoms with van der Waals surface area (Å²) in [5, 5.41) is 0. The fourth-order valence-corrected chi connectivity index (χ4v) is 2.17. The number of anilines is 2. The minimum absolute atomic E-state index is 0.0233. The highest BCUT2D eigenvalue weighted by Gasteiger charge is 2.25. The highest BCUT2D eigenvalue weighted by molar-refractivity contribution is 5.96. The normalized spacial score (nSPS) is 15.3. The molecule has 21 heavy (non-hydrogen) atoms. The lowest BCUT2D eigenvalue weighted by Gasteiger charge is -2.33. The van der Waals surface area contributed by atoms with E-state index >= 15 is 0 Å². The van der Waals surface area contributed by atoms with E-state index in [0.29, 0.717) is 13.1 Å². The van der Waals surface area contributed by atoms with Gasteiger partial charge in [0.2, 0.25) is 5.91 Å². The number of hydrogen-bond donors (Lipinski definition) is 1. The number of rotatable bonds is 3. The van der Waals surface area contributed by atoms with Gasteiger partial charge in [-0.05, 0) is 19.1 Å². The zero-order valence-electron chi connectivity index (χ0n) is 12.1. The summed E-state index contributed by atoms with van der Waals surface area (Å²) in [6.45, 7) is 2.94. The second-order valence-electron chi connectivity index (χ2n) is 4.85. The Morgan fingerprint density at radius 1 is 1.43 bits per heavy atom. The van der Waals surface area contributed by atoms with Crippen LogP contribution in [0.15, 0.2) is 12.1 Å². The molecule has 1 heterocycles.